The monoisotopic (exact) mass is 445 g/mol. The topological polar surface area (TPSA) is 87.7 Å². The molecule has 0 aromatic heterocycles. The number of hydrogen-bond donors (Lipinski definition) is 2. The fraction of sp³-hybridized carbons (Fsp3) is 0.192. The van der Waals surface area contributed by atoms with E-state index < -0.39 is 5.91 Å². The molecule has 0 saturated carbocycles. The van der Waals surface area contributed by atoms with Crippen LogP contribution in [0.3, 0.4) is 0 Å². The first-order valence-electron chi connectivity index (χ1n) is 10.5. The van der Waals surface area contributed by atoms with Gasteiger partial charge in [0.15, 0.2) is 0 Å². The summed E-state index contributed by atoms with van der Waals surface area (Å²) < 4.78 is 5.15. The largest absolute Gasteiger partial charge is 0.497 e. The average Bonchev–Trinajstić information content (AvgIpc) is 2.82. The SMILES string of the molecule is COc1ccc(C(=O)N(CC(=O)NCC(=O)Nc2cccc(C)c2)Cc2ccccc2)cc1. The maximum absolute atomic E-state index is 13.1. The lowest BCUT2D eigenvalue weighted by atomic mass is 10.1. The zero-order valence-electron chi connectivity index (χ0n) is 18.7. The first kappa shape index (κ1) is 23.5. The number of benzene rings is 3. The molecular weight excluding hydrogens is 418 g/mol. The fourth-order valence-corrected chi connectivity index (χ4v) is 3.26. The van der Waals surface area contributed by atoms with E-state index in [1.165, 1.54) is 4.90 Å². The number of hydrogen-bond acceptors (Lipinski definition) is 4. The van der Waals surface area contributed by atoms with Gasteiger partial charge in [0.1, 0.15) is 12.3 Å². The Bertz CT molecular complexity index is 1100. The number of rotatable bonds is 9. The van der Waals surface area contributed by atoms with Crippen LogP contribution in [0.25, 0.3) is 0 Å². The standard InChI is InChI=1S/C26H27N3O4/c1-19-7-6-10-22(15-19)28-24(30)16-27-25(31)18-29(17-20-8-4-3-5-9-20)26(32)21-11-13-23(33-2)14-12-21/h3-15H,16-18H2,1-2H3,(H,27,31)(H,28,30). The van der Waals surface area contributed by atoms with Gasteiger partial charge in [-0.1, -0.05) is 42.5 Å². The van der Waals surface area contributed by atoms with E-state index in [1.54, 1.807) is 37.4 Å². The van der Waals surface area contributed by atoms with Gasteiger partial charge in [-0.05, 0) is 54.4 Å². The van der Waals surface area contributed by atoms with Crippen molar-refractivity contribution < 1.29 is 19.1 Å². The highest BCUT2D eigenvalue weighted by molar-refractivity contribution is 5.98. The maximum Gasteiger partial charge on any atom is 0.254 e. The van der Waals surface area contributed by atoms with Gasteiger partial charge in [-0.3, -0.25) is 14.4 Å². The smallest absolute Gasteiger partial charge is 0.254 e. The summed E-state index contributed by atoms with van der Waals surface area (Å²) >= 11 is 0. The van der Waals surface area contributed by atoms with Gasteiger partial charge < -0.3 is 20.3 Å². The van der Waals surface area contributed by atoms with Crippen LogP contribution in [0.2, 0.25) is 0 Å². The normalized spacial score (nSPS) is 10.2. The summed E-state index contributed by atoms with van der Waals surface area (Å²) in [7, 11) is 1.55. The molecule has 0 aliphatic heterocycles. The van der Waals surface area contributed by atoms with Gasteiger partial charge in [-0.15, -0.1) is 0 Å². The number of methoxy groups -OCH3 is 1. The minimum atomic E-state index is -0.424. The summed E-state index contributed by atoms with van der Waals surface area (Å²) in [6.07, 6.45) is 0. The van der Waals surface area contributed by atoms with Crippen LogP contribution in [-0.2, 0) is 16.1 Å². The lowest BCUT2D eigenvalue weighted by Crippen LogP contribution is -2.42. The molecule has 7 nitrogen and oxygen atoms in total. The van der Waals surface area contributed by atoms with Crippen molar-refractivity contribution >= 4 is 23.4 Å². The molecule has 3 aromatic carbocycles. The predicted octanol–water partition coefficient (Wildman–Crippen LogP) is 3.40. The second kappa shape index (κ2) is 11.5. The quantitative estimate of drug-likeness (QED) is 0.529. The lowest BCUT2D eigenvalue weighted by molar-refractivity contribution is -0.124. The van der Waals surface area contributed by atoms with Gasteiger partial charge in [0.25, 0.3) is 5.91 Å². The van der Waals surface area contributed by atoms with Crippen molar-refractivity contribution in [2.24, 2.45) is 0 Å². The van der Waals surface area contributed by atoms with Crippen LogP contribution in [0.15, 0.2) is 78.9 Å². The Morgan fingerprint density at radius 1 is 0.879 bits per heavy atom. The fourth-order valence-electron chi connectivity index (χ4n) is 3.26. The molecule has 0 fully saturated rings. The molecule has 3 aromatic rings. The molecule has 0 atom stereocenters. The van der Waals surface area contributed by atoms with E-state index in [9.17, 15) is 14.4 Å². The maximum atomic E-state index is 13.1. The third-order valence-electron chi connectivity index (χ3n) is 4.92. The zero-order valence-corrected chi connectivity index (χ0v) is 18.7. The van der Waals surface area contributed by atoms with Crippen LogP contribution in [0.5, 0.6) is 5.75 Å². The van der Waals surface area contributed by atoms with Crippen molar-refractivity contribution in [3.63, 3.8) is 0 Å². The average molecular weight is 446 g/mol. The molecule has 0 unspecified atom stereocenters. The van der Waals surface area contributed by atoms with Crippen LogP contribution in [0, 0.1) is 6.92 Å². The molecule has 170 valence electrons. The molecule has 3 amide bonds. The summed E-state index contributed by atoms with van der Waals surface area (Å²) in [6, 6.07) is 23.5. The molecule has 0 heterocycles. The van der Waals surface area contributed by atoms with E-state index in [4.69, 9.17) is 4.74 Å². The van der Waals surface area contributed by atoms with E-state index in [0.717, 1.165) is 11.1 Å². The highest BCUT2D eigenvalue weighted by Gasteiger charge is 2.20. The second-order valence-electron chi connectivity index (χ2n) is 7.57. The molecular formula is C26H27N3O4. The molecule has 33 heavy (non-hydrogen) atoms. The van der Waals surface area contributed by atoms with Crippen LogP contribution in [-0.4, -0.2) is 42.8 Å². The molecule has 0 bridgehead atoms. The number of nitrogens with one attached hydrogen (secondary N) is 2. The minimum absolute atomic E-state index is 0.183. The van der Waals surface area contributed by atoms with Gasteiger partial charge in [-0.25, -0.2) is 0 Å². The van der Waals surface area contributed by atoms with Crippen molar-refractivity contribution in [1.82, 2.24) is 10.2 Å². The van der Waals surface area contributed by atoms with Gasteiger partial charge in [-0.2, -0.15) is 0 Å². The second-order valence-corrected chi connectivity index (χ2v) is 7.57. The van der Waals surface area contributed by atoms with Crippen molar-refractivity contribution in [2.45, 2.75) is 13.5 Å². The molecule has 7 heteroatoms. The van der Waals surface area contributed by atoms with Gasteiger partial charge in [0.2, 0.25) is 11.8 Å². The number of carbonyl (C=O) groups excluding carboxylic acids is 3. The minimum Gasteiger partial charge on any atom is -0.497 e. The molecule has 0 radical (unpaired) electrons. The molecule has 0 saturated heterocycles. The first-order chi connectivity index (χ1) is 15.9. The number of amides is 3. The van der Waals surface area contributed by atoms with Gasteiger partial charge >= 0.3 is 0 Å². The Morgan fingerprint density at radius 3 is 2.27 bits per heavy atom. The summed E-state index contributed by atoms with van der Waals surface area (Å²) in [5, 5.41) is 5.34. The van der Waals surface area contributed by atoms with E-state index in [1.807, 2.05) is 55.5 Å². The first-order valence-corrected chi connectivity index (χ1v) is 10.5. The third-order valence-corrected chi connectivity index (χ3v) is 4.92. The summed E-state index contributed by atoms with van der Waals surface area (Å²) in [5.41, 5.74) is 3.01. The molecule has 2 N–H and O–H groups in total. The molecule has 0 spiro atoms. The van der Waals surface area contributed by atoms with Crippen LogP contribution in [0.1, 0.15) is 21.5 Å². The molecule has 0 aliphatic rings. The predicted molar refractivity (Wildman–Crippen MR) is 127 cm³/mol. The van der Waals surface area contributed by atoms with E-state index in [2.05, 4.69) is 10.6 Å². The Kier molecular flexibility index (Phi) is 8.18. The number of anilines is 1. The van der Waals surface area contributed by atoms with Crippen LogP contribution >= 0.6 is 0 Å². The number of ether oxygens (including phenoxy) is 1. The summed E-state index contributed by atoms with van der Waals surface area (Å²) in [5.74, 6) is -0.420. The Labute approximate surface area is 193 Å². The molecule has 3 rings (SSSR count). The van der Waals surface area contributed by atoms with Crippen LogP contribution in [0.4, 0.5) is 5.69 Å². The van der Waals surface area contributed by atoms with Crippen molar-refractivity contribution in [2.75, 3.05) is 25.5 Å². The number of nitrogens with zero attached hydrogens (tertiary/aromatic N) is 1. The highest BCUT2D eigenvalue weighted by Crippen LogP contribution is 2.15. The lowest BCUT2D eigenvalue weighted by Gasteiger charge is -2.22. The van der Waals surface area contributed by atoms with E-state index in [0.29, 0.717) is 17.0 Å². The number of carbonyl (C=O) groups is 3. The van der Waals surface area contributed by atoms with Crippen molar-refractivity contribution in [3.05, 3.63) is 95.6 Å². The Balaban J connectivity index is 1.63. The third kappa shape index (κ3) is 7.21. The molecule has 0 aliphatic carbocycles. The van der Waals surface area contributed by atoms with Crippen molar-refractivity contribution in [1.29, 1.82) is 0 Å². The van der Waals surface area contributed by atoms with Crippen molar-refractivity contribution in [3.8, 4) is 5.75 Å². The van der Waals surface area contributed by atoms with E-state index >= 15 is 0 Å². The van der Waals surface area contributed by atoms with Crippen LogP contribution < -0.4 is 15.4 Å². The number of aryl methyl sites for hydroxylation is 1. The zero-order chi connectivity index (χ0) is 23.6. The summed E-state index contributed by atoms with van der Waals surface area (Å²) in [4.78, 5) is 39.4. The van der Waals surface area contributed by atoms with Gasteiger partial charge in [0, 0.05) is 17.8 Å². The summed E-state index contributed by atoms with van der Waals surface area (Å²) in [6.45, 7) is 1.81. The van der Waals surface area contributed by atoms with E-state index in [-0.39, 0.29) is 31.4 Å². The highest BCUT2D eigenvalue weighted by atomic mass is 16.5. The van der Waals surface area contributed by atoms with Gasteiger partial charge in [0.05, 0.1) is 13.7 Å². The Morgan fingerprint density at radius 2 is 1.61 bits per heavy atom. The Hall–Kier alpha value is -4.13.